The summed E-state index contributed by atoms with van der Waals surface area (Å²) in [6.07, 6.45) is 0.0454. The minimum atomic E-state index is -3.46. The second kappa shape index (κ2) is 5.92. The van der Waals surface area contributed by atoms with Crippen LogP contribution in [0.1, 0.15) is 13.8 Å². The lowest BCUT2D eigenvalue weighted by atomic mass is 10.2. The fraction of sp³-hybridized carbons (Fsp3) is 0.455. The molecule has 0 bridgehead atoms. The van der Waals surface area contributed by atoms with Crippen molar-refractivity contribution in [3.8, 4) is 5.75 Å². The zero-order valence-electron chi connectivity index (χ0n) is 10.5. The Bertz CT molecular complexity index is 500. The van der Waals surface area contributed by atoms with Crippen LogP contribution in [0.15, 0.2) is 18.2 Å². The first-order chi connectivity index (χ1) is 8.26. The van der Waals surface area contributed by atoms with Crippen molar-refractivity contribution in [1.29, 1.82) is 0 Å². The topological polar surface area (TPSA) is 107 Å². The van der Waals surface area contributed by atoms with E-state index in [1.807, 2.05) is 13.8 Å². The molecule has 0 aliphatic carbocycles. The molecule has 0 amide bonds. The van der Waals surface area contributed by atoms with Crippen LogP contribution in [-0.2, 0) is 10.0 Å². The second-order valence-corrected chi connectivity index (χ2v) is 5.99. The highest BCUT2D eigenvalue weighted by atomic mass is 32.2. The maximum absolute atomic E-state index is 10.8. The van der Waals surface area contributed by atoms with Gasteiger partial charge in [-0.15, -0.1) is 0 Å². The largest absolute Gasteiger partial charge is 0.491 e. The number of benzene rings is 1. The summed E-state index contributed by atoms with van der Waals surface area (Å²) in [5.74, 6) is 0.505. The lowest BCUT2D eigenvalue weighted by Crippen LogP contribution is -2.22. The van der Waals surface area contributed by atoms with Crippen LogP contribution in [0.4, 0.5) is 11.4 Å². The van der Waals surface area contributed by atoms with Crippen molar-refractivity contribution < 1.29 is 13.2 Å². The Hall–Kier alpha value is -1.47. The zero-order valence-corrected chi connectivity index (χ0v) is 11.3. The summed E-state index contributed by atoms with van der Waals surface area (Å²) in [6.45, 7) is 4.05. The molecule has 1 aromatic rings. The number of nitrogen functional groups attached to an aromatic ring is 1. The number of nitrogens with one attached hydrogen (secondary N) is 1. The number of anilines is 2. The number of nitrogens with two attached hydrogens (primary N) is 2. The van der Waals surface area contributed by atoms with Crippen molar-refractivity contribution in [3.05, 3.63) is 18.2 Å². The molecule has 7 heteroatoms. The maximum Gasteiger partial charge on any atom is 0.210 e. The van der Waals surface area contributed by atoms with Gasteiger partial charge in [0.2, 0.25) is 10.0 Å². The Kier molecular flexibility index (Phi) is 4.80. The summed E-state index contributed by atoms with van der Waals surface area (Å²) < 4.78 is 27.1. The lowest BCUT2D eigenvalue weighted by molar-refractivity contribution is 0.242. The molecule has 0 fully saturated rings. The molecule has 0 aliphatic rings. The van der Waals surface area contributed by atoms with E-state index in [9.17, 15) is 8.42 Å². The molecule has 1 rings (SSSR count). The van der Waals surface area contributed by atoms with Crippen molar-refractivity contribution >= 4 is 21.4 Å². The van der Waals surface area contributed by atoms with Crippen molar-refractivity contribution in [3.63, 3.8) is 0 Å². The summed E-state index contributed by atoms with van der Waals surface area (Å²) in [5, 5.41) is 7.84. The third-order valence-electron chi connectivity index (χ3n) is 2.02. The van der Waals surface area contributed by atoms with Gasteiger partial charge in [-0.1, -0.05) is 0 Å². The number of ether oxygens (including phenoxy) is 1. The minimum absolute atomic E-state index is 0.0454. The number of hydrogen-bond donors (Lipinski definition) is 3. The van der Waals surface area contributed by atoms with Gasteiger partial charge in [0.25, 0.3) is 0 Å². The van der Waals surface area contributed by atoms with Gasteiger partial charge in [-0.25, -0.2) is 13.6 Å². The number of primary sulfonamides is 1. The normalized spacial score (nSPS) is 11.6. The van der Waals surface area contributed by atoms with Crippen LogP contribution in [-0.4, -0.2) is 26.8 Å². The van der Waals surface area contributed by atoms with Gasteiger partial charge in [0.05, 0.1) is 11.9 Å². The Morgan fingerprint density at radius 2 is 2.00 bits per heavy atom. The first-order valence-electron chi connectivity index (χ1n) is 5.58. The molecule has 0 radical (unpaired) electrons. The van der Waals surface area contributed by atoms with Crippen LogP contribution < -0.4 is 20.9 Å². The standard InChI is InChI=1S/C11H19N3O3S/c1-8(2)17-11-6-9(12)5-10(7-11)14-3-4-18(13,15)16/h5-8,14H,3-4,12H2,1-2H3,(H2,13,15,16). The molecule has 0 aliphatic heterocycles. The summed E-state index contributed by atoms with van der Waals surface area (Å²) >= 11 is 0. The number of sulfonamides is 1. The van der Waals surface area contributed by atoms with Gasteiger partial charge in [-0.05, 0) is 19.9 Å². The quantitative estimate of drug-likeness (QED) is 0.663. The molecule has 18 heavy (non-hydrogen) atoms. The van der Waals surface area contributed by atoms with Crippen LogP contribution in [0.5, 0.6) is 5.75 Å². The van der Waals surface area contributed by atoms with Crippen LogP contribution >= 0.6 is 0 Å². The number of hydrogen-bond acceptors (Lipinski definition) is 5. The van der Waals surface area contributed by atoms with E-state index in [0.717, 1.165) is 0 Å². The van der Waals surface area contributed by atoms with Gasteiger partial charge >= 0.3 is 0 Å². The van der Waals surface area contributed by atoms with Crippen molar-refractivity contribution in [2.24, 2.45) is 5.14 Å². The van der Waals surface area contributed by atoms with Crippen molar-refractivity contribution in [2.45, 2.75) is 20.0 Å². The van der Waals surface area contributed by atoms with Gasteiger partial charge in [0, 0.05) is 30.1 Å². The molecule has 0 aromatic heterocycles. The monoisotopic (exact) mass is 273 g/mol. The molecule has 5 N–H and O–H groups in total. The summed E-state index contributed by atoms with van der Waals surface area (Å²) in [7, 11) is -3.46. The van der Waals surface area contributed by atoms with E-state index >= 15 is 0 Å². The highest BCUT2D eigenvalue weighted by Crippen LogP contribution is 2.23. The van der Waals surface area contributed by atoms with Crippen LogP contribution in [0.2, 0.25) is 0 Å². The van der Waals surface area contributed by atoms with Crippen LogP contribution in [0.3, 0.4) is 0 Å². The van der Waals surface area contributed by atoms with Crippen LogP contribution in [0, 0.1) is 0 Å². The van der Waals surface area contributed by atoms with Gasteiger partial charge in [-0.2, -0.15) is 0 Å². The lowest BCUT2D eigenvalue weighted by Gasteiger charge is -2.13. The highest BCUT2D eigenvalue weighted by molar-refractivity contribution is 7.89. The zero-order chi connectivity index (χ0) is 13.8. The Labute approximate surface area is 107 Å². The first-order valence-corrected chi connectivity index (χ1v) is 7.29. The highest BCUT2D eigenvalue weighted by Gasteiger charge is 2.04. The molecule has 0 atom stereocenters. The predicted octanol–water partition coefficient (Wildman–Crippen LogP) is 0.756. The molecular weight excluding hydrogens is 254 g/mol. The van der Waals surface area contributed by atoms with E-state index in [-0.39, 0.29) is 18.4 Å². The molecule has 0 saturated heterocycles. The van der Waals surface area contributed by atoms with E-state index in [4.69, 9.17) is 15.6 Å². The first kappa shape index (κ1) is 14.6. The summed E-state index contributed by atoms with van der Waals surface area (Å²) in [6, 6.07) is 5.18. The molecule has 0 unspecified atom stereocenters. The van der Waals surface area contributed by atoms with Gasteiger partial charge in [0.1, 0.15) is 5.75 Å². The Morgan fingerprint density at radius 3 is 2.56 bits per heavy atom. The maximum atomic E-state index is 10.8. The van der Waals surface area contributed by atoms with E-state index in [1.165, 1.54) is 0 Å². The van der Waals surface area contributed by atoms with E-state index in [1.54, 1.807) is 18.2 Å². The SMILES string of the molecule is CC(C)Oc1cc(N)cc(NCCS(N)(=O)=O)c1. The van der Waals surface area contributed by atoms with Gasteiger partial charge in [0.15, 0.2) is 0 Å². The smallest absolute Gasteiger partial charge is 0.210 e. The fourth-order valence-corrected chi connectivity index (χ4v) is 1.79. The predicted molar refractivity (Wildman–Crippen MR) is 73.1 cm³/mol. The van der Waals surface area contributed by atoms with Gasteiger partial charge in [-0.3, -0.25) is 0 Å². The summed E-state index contributed by atoms with van der Waals surface area (Å²) in [5.41, 5.74) is 6.98. The molecule has 0 saturated carbocycles. The molecule has 1 aromatic carbocycles. The van der Waals surface area contributed by atoms with Crippen LogP contribution in [0.25, 0.3) is 0 Å². The third-order valence-corrected chi connectivity index (χ3v) is 2.79. The van der Waals surface area contributed by atoms with E-state index in [2.05, 4.69) is 5.32 Å². The second-order valence-electron chi connectivity index (χ2n) is 4.25. The fourth-order valence-electron chi connectivity index (χ4n) is 1.40. The van der Waals surface area contributed by atoms with E-state index < -0.39 is 10.0 Å². The Balaban J connectivity index is 2.68. The average molecular weight is 273 g/mol. The molecule has 102 valence electrons. The molecule has 0 spiro atoms. The van der Waals surface area contributed by atoms with Gasteiger partial charge < -0.3 is 15.8 Å². The van der Waals surface area contributed by atoms with Crippen molar-refractivity contribution in [2.75, 3.05) is 23.3 Å². The average Bonchev–Trinajstić information content (AvgIpc) is 2.12. The molecule has 0 heterocycles. The summed E-state index contributed by atoms with van der Waals surface area (Å²) in [4.78, 5) is 0. The molecular formula is C11H19N3O3S. The van der Waals surface area contributed by atoms with E-state index in [0.29, 0.717) is 17.1 Å². The minimum Gasteiger partial charge on any atom is -0.491 e. The number of rotatable bonds is 6. The van der Waals surface area contributed by atoms with Crippen molar-refractivity contribution in [1.82, 2.24) is 0 Å². The third kappa shape index (κ3) is 5.74. The Morgan fingerprint density at radius 1 is 1.33 bits per heavy atom. The molecule has 6 nitrogen and oxygen atoms in total.